The maximum atomic E-state index is 6.13. The quantitative estimate of drug-likeness (QED) is 0.689. The molecule has 3 atom stereocenters. The van der Waals surface area contributed by atoms with Gasteiger partial charge in [0.15, 0.2) is 0 Å². The summed E-state index contributed by atoms with van der Waals surface area (Å²) in [5.74, 6) is 2.72. The van der Waals surface area contributed by atoms with Crippen molar-refractivity contribution in [3.63, 3.8) is 0 Å². The maximum Gasteiger partial charge on any atom is -0.00177 e. The summed E-state index contributed by atoms with van der Waals surface area (Å²) in [4.78, 5) is 0. The van der Waals surface area contributed by atoms with E-state index in [-0.39, 0.29) is 0 Å². The van der Waals surface area contributed by atoms with Crippen LogP contribution in [0, 0.1) is 23.2 Å². The topological polar surface area (TPSA) is 26.0 Å². The van der Waals surface area contributed by atoms with Crippen molar-refractivity contribution < 1.29 is 0 Å². The van der Waals surface area contributed by atoms with Gasteiger partial charge in [0.1, 0.15) is 0 Å². The van der Waals surface area contributed by atoms with Crippen molar-refractivity contribution in [1.29, 1.82) is 0 Å². The molecule has 1 heteroatoms. The molecule has 2 fully saturated rings. The number of hydrogen-bond acceptors (Lipinski definition) is 1. The molecule has 0 amide bonds. The first-order valence-electron chi connectivity index (χ1n) is 6.72. The molecule has 3 aliphatic carbocycles. The molecule has 3 unspecified atom stereocenters. The van der Waals surface area contributed by atoms with Gasteiger partial charge in [-0.15, -0.1) is 0 Å². The molecule has 1 nitrogen and oxygen atoms in total. The highest BCUT2D eigenvalue weighted by Gasteiger charge is 2.47. The molecule has 0 spiro atoms. The van der Waals surface area contributed by atoms with Crippen molar-refractivity contribution in [2.24, 2.45) is 28.9 Å². The Bertz CT molecular complexity index is 263. The second kappa shape index (κ2) is 3.62. The fraction of sp³-hybridized carbons (Fsp3) is 0.857. The highest BCUT2D eigenvalue weighted by atomic mass is 14.6. The Morgan fingerprint density at radius 2 is 1.87 bits per heavy atom. The van der Waals surface area contributed by atoms with Gasteiger partial charge in [0.2, 0.25) is 0 Å². The number of hydrogen-bond donors (Lipinski definition) is 1. The van der Waals surface area contributed by atoms with Crippen molar-refractivity contribution in [1.82, 2.24) is 0 Å². The normalized spacial score (nSPS) is 42.3. The largest absolute Gasteiger partial charge is 0.330 e. The zero-order valence-electron chi connectivity index (χ0n) is 9.62. The first-order chi connectivity index (χ1) is 7.34. The van der Waals surface area contributed by atoms with Gasteiger partial charge in [-0.1, -0.05) is 31.4 Å². The Hall–Kier alpha value is -0.300. The van der Waals surface area contributed by atoms with E-state index < -0.39 is 0 Å². The summed E-state index contributed by atoms with van der Waals surface area (Å²) in [7, 11) is 0. The van der Waals surface area contributed by atoms with Crippen molar-refractivity contribution in [2.75, 3.05) is 6.54 Å². The second-order valence-electron chi connectivity index (χ2n) is 6.01. The van der Waals surface area contributed by atoms with Gasteiger partial charge in [0.25, 0.3) is 0 Å². The molecule has 2 N–H and O–H groups in total. The average Bonchev–Trinajstić information content (AvgIpc) is 2.92. The van der Waals surface area contributed by atoms with Crippen LogP contribution in [0.15, 0.2) is 12.2 Å². The van der Waals surface area contributed by atoms with E-state index in [1.54, 1.807) is 0 Å². The molecule has 0 radical (unpaired) electrons. The predicted molar refractivity (Wildman–Crippen MR) is 63.4 cm³/mol. The van der Waals surface area contributed by atoms with Gasteiger partial charge >= 0.3 is 0 Å². The smallest absolute Gasteiger partial charge is 0.00177 e. The lowest BCUT2D eigenvalue weighted by Gasteiger charge is -2.44. The predicted octanol–water partition coefficient (Wildman–Crippen LogP) is 3.11. The molecule has 0 aliphatic heterocycles. The van der Waals surface area contributed by atoms with Crippen molar-refractivity contribution >= 4 is 0 Å². The van der Waals surface area contributed by atoms with Crippen molar-refractivity contribution in [2.45, 2.75) is 44.9 Å². The third-order valence-electron chi connectivity index (χ3n) is 5.32. The Morgan fingerprint density at radius 1 is 1.07 bits per heavy atom. The Balaban J connectivity index is 1.81. The summed E-state index contributed by atoms with van der Waals surface area (Å²) in [5, 5.41) is 0. The molecule has 84 valence electrons. The van der Waals surface area contributed by atoms with E-state index in [4.69, 9.17) is 5.73 Å². The third kappa shape index (κ3) is 1.47. The van der Waals surface area contributed by atoms with Crippen molar-refractivity contribution in [3.05, 3.63) is 12.2 Å². The first-order valence-corrected chi connectivity index (χ1v) is 6.72. The van der Waals surface area contributed by atoms with E-state index in [0.29, 0.717) is 5.41 Å². The monoisotopic (exact) mass is 205 g/mol. The van der Waals surface area contributed by atoms with Crippen LogP contribution in [0.5, 0.6) is 0 Å². The molecular weight excluding hydrogens is 182 g/mol. The zero-order valence-corrected chi connectivity index (χ0v) is 9.62. The van der Waals surface area contributed by atoms with Crippen LogP contribution in [0.25, 0.3) is 0 Å². The summed E-state index contributed by atoms with van der Waals surface area (Å²) in [6.07, 6.45) is 14.9. The van der Waals surface area contributed by atoms with Crippen LogP contribution in [0.3, 0.4) is 0 Å². The van der Waals surface area contributed by atoms with Crippen LogP contribution in [0.2, 0.25) is 0 Å². The summed E-state index contributed by atoms with van der Waals surface area (Å²) in [6.45, 7) is 0.939. The van der Waals surface area contributed by atoms with E-state index >= 15 is 0 Å². The van der Waals surface area contributed by atoms with Gasteiger partial charge < -0.3 is 5.73 Å². The maximum absolute atomic E-state index is 6.13. The lowest BCUT2D eigenvalue weighted by molar-refractivity contribution is 0.0865. The Kier molecular flexibility index (Phi) is 2.39. The van der Waals surface area contributed by atoms with E-state index in [1.807, 2.05) is 0 Å². The molecule has 0 heterocycles. The zero-order chi connectivity index (χ0) is 10.3. The molecule has 0 aromatic carbocycles. The van der Waals surface area contributed by atoms with E-state index in [2.05, 4.69) is 12.2 Å². The van der Waals surface area contributed by atoms with Crippen LogP contribution < -0.4 is 5.73 Å². The number of fused-ring (bicyclic) bond motifs is 2. The SMILES string of the molecule is NCC1(C2CC3C=CC2C3)CCCCC1. The fourth-order valence-corrected chi connectivity index (χ4v) is 4.47. The van der Waals surface area contributed by atoms with E-state index in [1.165, 1.54) is 44.9 Å². The summed E-state index contributed by atoms with van der Waals surface area (Å²) < 4.78 is 0. The van der Waals surface area contributed by atoms with Gasteiger partial charge in [-0.3, -0.25) is 0 Å². The minimum absolute atomic E-state index is 0.530. The fourth-order valence-electron chi connectivity index (χ4n) is 4.47. The second-order valence-corrected chi connectivity index (χ2v) is 6.01. The summed E-state index contributed by atoms with van der Waals surface area (Å²) in [6, 6.07) is 0. The Morgan fingerprint density at radius 3 is 2.40 bits per heavy atom. The van der Waals surface area contributed by atoms with Crippen LogP contribution in [0.1, 0.15) is 44.9 Å². The highest BCUT2D eigenvalue weighted by molar-refractivity contribution is 5.13. The molecule has 2 bridgehead atoms. The first kappa shape index (κ1) is 9.89. The molecular formula is C14H23N. The molecule has 3 aliphatic rings. The van der Waals surface area contributed by atoms with Crippen LogP contribution in [-0.2, 0) is 0 Å². The van der Waals surface area contributed by atoms with E-state index in [9.17, 15) is 0 Å². The third-order valence-corrected chi connectivity index (χ3v) is 5.32. The van der Waals surface area contributed by atoms with Gasteiger partial charge in [0.05, 0.1) is 0 Å². The van der Waals surface area contributed by atoms with Gasteiger partial charge in [-0.25, -0.2) is 0 Å². The number of nitrogens with two attached hydrogens (primary N) is 1. The van der Waals surface area contributed by atoms with Crippen LogP contribution in [-0.4, -0.2) is 6.54 Å². The number of allylic oxidation sites excluding steroid dienone is 2. The van der Waals surface area contributed by atoms with Crippen LogP contribution in [0.4, 0.5) is 0 Å². The van der Waals surface area contributed by atoms with Crippen molar-refractivity contribution in [3.8, 4) is 0 Å². The van der Waals surface area contributed by atoms with Gasteiger partial charge in [-0.2, -0.15) is 0 Å². The summed E-state index contributed by atoms with van der Waals surface area (Å²) in [5.41, 5.74) is 6.66. The lowest BCUT2D eigenvalue weighted by Crippen LogP contribution is -2.41. The minimum Gasteiger partial charge on any atom is -0.330 e. The standard InChI is InChI=1S/C14H23N/c15-10-14(6-2-1-3-7-14)13-9-11-4-5-12(13)8-11/h4-5,11-13H,1-3,6-10,15H2. The minimum atomic E-state index is 0.530. The van der Waals surface area contributed by atoms with E-state index in [0.717, 1.165) is 24.3 Å². The van der Waals surface area contributed by atoms with Gasteiger partial charge in [-0.05, 0) is 55.4 Å². The molecule has 3 rings (SSSR count). The van der Waals surface area contributed by atoms with Crippen LogP contribution >= 0.6 is 0 Å². The highest BCUT2D eigenvalue weighted by Crippen LogP contribution is 2.55. The molecule has 0 aromatic heterocycles. The number of rotatable bonds is 2. The molecule has 0 aromatic rings. The average molecular weight is 205 g/mol. The molecule has 15 heavy (non-hydrogen) atoms. The molecule has 2 saturated carbocycles. The summed E-state index contributed by atoms with van der Waals surface area (Å²) >= 11 is 0. The molecule has 0 saturated heterocycles. The Labute approximate surface area is 93.1 Å². The van der Waals surface area contributed by atoms with Gasteiger partial charge in [0, 0.05) is 0 Å². The lowest BCUT2D eigenvalue weighted by atomic mass is 9.62.